The third-order valence-corrected chi connectivity index (χ3v) is 4.04. The first-order chi connectivity index (χ1) is 6.77. The van der Waals surface area contributed by atoms with Crippen LogP contribution in [-0.2, 0) is 5.41 Å². The second kappa shape index (κ2) is 4.12. The summed E-state index contributed by atoms with van der Waals surface area (Å²) < 4.78 is 0. The van der Waals surface area contributed by atoms with Crippen molar-refractivity contribution in [3.63, 3.8) is 0 Å². The zero-order chi connectivity index (χ0) is 10.0. The summed E-state index contributed by atoms with van der Waals surface area (Å²) in [7, 11) is 0. The normalized spacial score (nSPS) is 19.9. The molecule has 0 aliphatic heterocycles. The van der Waals surface area contributed by atoms with Crippen LogP contribution in [0.25, 0.3) is 0 Å². The van der Waals surface area contributed by atoms with Crippen LogP contribution in [0, 0.1) is 0 Å². The van der Waals surface area contributed by atoms with E-state index in [2.05, 4.69) is 12.1 Å². The summed E-state index contributed by atoms with van der Waals surface area (Å²) >= 11 is 12.0. The van der Waals surface area contributed by atoms with E-state index in [1.807, 2.05) is 12.1 Å². The molecule has 0 atom stereocenters. The molecule has 1 aromatic rings. The molecule has 1 aliphatic rings. The first-order valence-corrected chi connectivity index (χ1v) is 6.00. The van der Waals surface area contributed by atoms with Gasteiger partial charge in [0.2, 0.25) is 0 Å². The van der Waals surface area contributed by atoms with Crippen molar-refractivity contribution in [3.8, 4) is 0 Å². The SMILES string of the molecule is ClCC1(c2ccc(Cl)cc2)CCCC1. The third-order valence-electron chi connectivity index (χ3n) is 3.27. The van der Waals surface area contributed by atoms with E-state index in [-0.39, 0.29) is 5.41 Å². The molecule has 1 aromatic carbocycles. The highest BCUT2D eigenvalue weighted by molar-refractivity contribution is 6.30. The fourth-order valence-electron chi connectivity index (χ4n) is 2.35. The van der Waals surface area contributed by atoms with Gasteiger partial charge in [-0.05, 0) is 30.5 Å². The van der Waals surface area contributed by atoms with Gasteiger partial charge in [-0.25, -0.2) is 0 Å². The van der Waals surface area contributed by atoms with Crippen molar-refractivity contribution in [3.05, 3.63) is 34.9 Å². The average Bonchev–Trinajstić information content (AvgIpc) is 2.68. The second-order valence-corrected chi connectivity index (χ2v) is 4.83. The van der Waals surface area contributed by atoms with Crippen molar-refractivity contribution in [2.24, 2.45) is 0 Å². The van der Waals surface area contributed by atoms with Gasteiger partial charge in [-0.3, -0.25) is 0 Å². The van der Waals surface area contributed by atoms with E-state index in [0.717, 1.165) is 10.9 Å². The van der Waals surface area contributed by atoms with Crippen LogP contribution in [0.4, 0.5) is 0 Å². The Labute approximate surface area is 95.2 Å². The Morgan fingerprint density at radius 1 is 1.07 bits per heavy atom. The lowest BCUT2D eigenvalue weighted by Crippen LogP contribution is -2.23. The molecule has 0 nitrogen and oxygen atoms in total. The molecule has 0 saturated heterocycles. The summed E-state index contributed by atoms with van der Waals surface area (Å²) in [6.45, 7) is 0. The van der Waals surface area contributed by atoms with Crippen LogP contribution in [0.5, 0.6) is 0 Å². The molecule has 0 aromatic heterocycles. The van der Waals surface area contributed by atoms with Gasteiger partial charge in [0.15, 0.2) is 0 Å². The molecule has 0 N–H and O–H groups in total. The smallest absolute Gasteiger partial charge is 0.0406 e. The van der Waals surface area contributed by atoms with Gasteiger partial charge in [-0.15, -0.1) is 11.6 Å². The molecule has 2 heteroatoms. The van der Waals surface area contributed by atoms with Crippen LogP contribution in [0.15, 0.2) is 24.3 Å². The van der Waals surface area contributed by atoms with Crippen molar-refractivity contribution in [2.75, 3.05) is 5.88 Å². The van der Waals surface area contributed by atoms with Crippen LogP contribution in [0.1, 0.15) is 31.2 Å². The molecule has 14 heavy (non-hydrogen) atoms. The van der Waals surface area contributed by atoms with Gasteiger partial charge in [0.1, 0.15) is 0 Å². The van der Waals surface area contributed by atoms with E-state index in [9.17, 15) is 0 Å². The molecule has 1 aliphatic carbocycles. The van der Waals surface area contributed by atoms with Crippen molar-refractivity contribution in [1.82, 2.24) is 0 Å². The van der Waals surface area contributed by atoms with E-state index in [0.29, 0.717) is 0 Å². The van der Waals surface area contributed by atoms with E-state index >= 15 is 0 Å². The Morgan fingerprint density at radius 3 is 2.14 bits per heavy atom. The molecular formula is C12H14Cl2. The van der Waals surface area contributed by atoms with Gasteiger partial charge >= 0.3 is 0 Å². The first kappa shape index (κ1) is 10.3. The fourth-order valence-corrected chi connectivity index (χ4v) is 2.90. The van der Waals surface area contributed by atoms with Gasteiger partial charge in [-0.1, -0.05) is 36.6 Å². The standard InChI is InChI=1S/C12H14Cl2/c13-9-12(7-1-2-8-12)10-3-5-11(14)6-4-10/h3-6H,1-2,7-9H2. The summed E-state index contributed by atoms with van der Waals surface area (Å²) in [6.07, 6.45) is 5.04. The highest BCUT2D eigenvalue weighted by Crippen LogP contribution is 2.42. The zero-order valence-electron chi connectivity index (χ0n) is 8.10. The van der Waals surface area contributed by atoms with E-state index in [1.165, 1.54) is 31.2 Å². The van der Waals surface area contributed by atoms with Gasteiger partial charge in [-0.2, -0.15) is 0 Å². The summed E-state index contributed by atoms with van der Waals surface area (Å²) in [4.78, 5) is 0. The second-order valence-electron chi connectivity index (χ2n) is 4.13. The molecule has 1 fully saturated rings. The van der Waals surface area contributed by atoms with Crippen LogP contribution < -0.4 is 0 Å². The maximum Gasteiger partial charge on any atom is 0.0406 e. The fraction of sp³-hybridized carbons (Fsp3) is 0.500. The lowest BCUT2D eigenvalue weighted by molar-refractivity contribution is 0.498. The minimum Gasteiger partial charge on any atom is -0.126 e. The highest BCUT2D eigenvalue weighted by Gasteiger charge is 2.34. The quantitative estimate of drug-likeness (QED) is 0.659. The highest BCUT2D eigenvalue weighted by atomic mass is 35.5. The molecule has 1 saturated carbocycles. The van der Waals surface area contributed by atoms with Crippen LogP contribution >= 0.6 is 23.2 Å². The van der Waals surface area contributed by atoms with Crippen molar-refractivity contribution < 1.29 is 0 Å². The predicted molar refractivity (Wildman–Crippen MR) is 62.3 cm³/mol. The van der Waals surface area contributed by atoms with Crippen molar-refractivity contribution in [1.29, 1.82) is 0 Å². The third kappa shape index (κ3) is 1.78. The molecule has 0 heterocycles. The summed E-state index contributed by atoms with van der Waals surface area (Å²) in [5.41, 5.74) is 1.58. The van der Waals surface area contributed by atoms with Crippen molar-refractivity contribution >= 4 is 23.2 Å². The van der Waals surface area contributed by atoms with Crippen molar-refractivity contribution in [2.45, 2.75) is 31.1 Å². The lowest BCUT2D eigenvalue weighted by Gasteiger charge is -2.26. The zero-order valence-corrected chi connectivity index (χ0v) is 9.61. The topological polar surface area (TPSA) is 0 Å². The van der Waals surface area contributed by atoms with E-state index in [1.54, 1.807) is 0 Å². The van der Waals surface area contributed by atoms with Gasteiger partial charge < -0.3 is 0 Å². The number of halogens is 2. The molecule has 0 amide bonds. The number of benzene rings is 1. The Morgan fingerprint density at radius 2 is 1.64 bits per heavy atom. The maximum atomic E-state index is 6.11. The minimum absolute atomic E-state index is 0.228. The molecule has 0 radical (unpaired) electrons. The Hall–Kier alpha value is -0.200. The van der Waals surface area contributed by atoms with E-state index < -0.39 is 0 Å². The Bertz CT molecular complexity index is 297. The number of hydrogen-bond donors (Lipinski definition) is 0. The molecule has 0 spiro atoms. The average molecular weight is 229 g/mol. The number of rotatable bonds is 2. The number of hydrogen-bond acceptors (Lipinski definition) is 0. The molecule has 76 valence electrons. The summed E-state index contributed by atoms with van der Waals surface area (Å²) in [6, 6.07) is 8.17. The maximum absolute atomic E-state index is 6.11. The minimum atomic E-state index is 0.228. The molecule has 0 bridgehead atoms. The summed E-state index contributed by atoms with van der Waals surface area (Å²) in [5, 5.41) is 0.802. The predicted octanol–water partition coefficient (Wildman–Crippen LogP) is 4.39. The van der Waals surface area contributed by atoms with Gasteiger partial charge in [0.05, 0.1) is 0 Å². The van der Waals surface area contributed by atoms with Gasteiger partial charge in [0, 0.05) is 16.3 Å². The Balaban J connectivity index is 2.31. The summed E-state index contributed by atoms with van der Waals surface area (Å²) in [5.74, 6) is 0.731. The molecule has 0 unspecified atom stereocenters. The lowest BCUT2D eigenvalue weighted by atomic mass is 9.81. The molecular weight excluding hydrogens is 215 g/mol. The Kier molecular flexibility index (Phi) is 3.04. The number of alkyl halides is 1. The van der Waals surface area contributed by atoms with Crippen LogP contribution in [0.3, 0.4) is 0 Å². The van der Waals surface area contributed by atoms with Crippen LogP contribution in [0.2, 0.25) is 5.02 Å². The van der Waals surface area contributed by atoms with Crippen LogP contribution in [-0.4, -0.2) is 5.88 Å². The monoisotopic (exact) mass is 228 g/mol. The van der Waals surface area contributed by atoms with E-state index in [4.69, 9.17) is 23.2 Å². The first-order valence-electron chi connectivity index (χ1n) is 5.09. The molecule has 2 rings (SSSR count). The van der Waals surface area contributed by atoms with Gasteiger partial charge in [0.25, 0.3) is 0 Å². The largest absolute Gasteiger partial charge is 0.126 e.